The van der Waals surface area contributed by atoms with Crippen LogP contribution in [0.2, 0.25) is 0 Å². The third kappa shape index (κ3) is 4.61. The molecule has 5 rings (SSSR count). The first-order valence-corrected chi connectivity index (χ1v) is 14.1. The van der Waals surface area contributed by atoms with E-state index in [-0.39, 0.29) is 53.7 Å². The second kappa shape index (κ2) is 10.6. The first kappa shape index (κ1) is 28.8. The van der Waals surface area contributed by atoms with Crippen LogP contribution in [0.5, 0.6) is 5.75 Å². The number of phenols is 1. The van der Waals surface area contributed by atoms with Crippen molar-refractivity contribution in [3.8, 4) is 5.75 Å². The molecule has 1 saturated heterocycles. The van der Waals surface area contributed by atoms with E-state index in [2.05, 4.69) is 5.32 Å². The molecule has 0 spiro atoms. The van der Waals surface area contributed by atoms with Gasteiger partial charge in [0.15, 0.2) is 11.6 Å². The number of rotatable bonds is 7. The minimum atomic E-state index is -1.30. The van der Waals surface area contributed by atoms with Gasteiger partial charge in [-0.3, -0.25) is 24.1 Å². The number of hydrogen-bond donors (Lipinski definition) is 5. The molecule has 1 heterocycles. The van der Waals surface area contributed by atoms with E-state index in [4.69, 9.17) is 5.73 Å². The van der Waals surface area contributed by atoms with Gasteiger partial charge in [0, 0.05) is 31.8 Å². The van der Waals surface area contributed by atoms with Crippen LogP contribution in [-0.4, -0.2) is 90.3 Å². The van der Waals surface area contributed by atoms with Crippen LogP contribution in [0.15, 0.2) is 23.0 Å². The smallest absolute Gasteiger partial charge is 0.255 e. The number of fused-ring (bicyclic) bond motifs is 3. The van der Waals surface area contributed by atoms with Gasteiger partial charge in [-0.2, -0.15) is 0 Å². The second-order valence-electron chi connectivity index (χ2n) is 12.1. The summed E-state index contributed by atoms with van der Waals surface area (Å²) in [5.74, 6) is -5.95. The number of amides is 1. The number of phenolic OH excluding ortho intramolecular Hbond substituents is 1. The van der Waals surface area contributed by atoms with Gasteiger partial charge in [0.05, 0.1) is 23.6 Å². The highest BCUT2D eigenvalue weighted by molar-refractivity contribution is 6.28. The Labute approximate surface area is 238 Å². The Morgan fingerprint density at radius 1 is 1.10 bits per heavy atom. The van der Waals surface area contributed by atoms with E-state index in [1.54, 1.807) is 19.0 Å². The molecule has 220 valence electrons. The van der Waals surface area contributed by atoms with Gasteiger partial charge >= 0.3 is 0 Å². The largest absolute Gasteiger partial charge is 0.510 e. The molecular formula is C30H38N4O7. The minimum Gasteiger partial charge on any atom is -0.510 e. The molecule has 1 aliphatic heterocycles. The third-order valence-corrected chi connectivity index (χ3v) is 9.19. The van der Waals surface area contributed by atoms with Gasteiger partial charge in [0.25, 0.3) is 5.91 Å². The molecule has 1 saturated carbocycles. The van der Waals surface area contributed by atoms with E-state index in [1.165, 1.54) is 0 Å². The Morgan fingerprint density at radius 2 is 1.80 bits per heavy atom. The van der Waals surface area contributed by atoms with Crippen molar-refractivity contribution in [1.82, 2.24) is 10.2 Å². The molecule has 2 fully saturated rings. The predicted octanol–water partition coefficient (Wildman–Crippen LogP) is 1.17. The van der Waals surface area contributed by atoms with Crippen LogP contribution in [0.3, 0.4) is 0 Å². The Morgan fingerprint density at radius 3 is 2.39 bits per heavy atom. The summed E-state index contributed by atoms with van der Waals surface area (Å²) in [5, 5.41) is 37.1. The zero-order valence-corrected chi connectivity index (χ0v) is 23.9. The second-order valence-corrected chi connectivity index (χ2v) is 12.1. The van der Waals surface area contributed by atoms with Crippen LogP contribution in [0.25, 0.3) is 5.76 Å². The number of anilines is 1. The molecule has 1 amide bonds. The number of carbonyl (C=O) groups excluding carboxylic acids is 4. The van der Waals surface area contributed by atoms with Crippen molar-refractivity contribution in [2.45, 2.75) is 50.6 Å². The first-order valence-electron chi connectivity index (χ1n) is 14.1. The van der Waals surface area contributed by atoms with Crippen LogP contribution in [-0.2, 0) is 32.0 Å². The summed E-state index contributed by atoms with van der Waals surface area (Å²) in [6, 6.07) is 0.852. The van der Waals surface area contributed by atoms with Crippen molar-refractivity contribution >= 4 is 34.7 Å². The molecular weight excluding hydrogens is 528 g/mol. The number of nitrogens with zero attached hydrogens (tertiary/aromatic N) is 2. The fraction of sp³-hybridized carbons (Fsp3) is 0.533. The van der Waals surface area contributed by atoms with Crippen molar-refractivity contribution in [2.24, 2.45) is 23.5 Å². The van der Waals surface area contributed by atoms with Gasteiger partial charge in [-0.15, -0.1) is 0 Å². The molecule has 11 nitrogen and oxygen atoms in total. The fourth-order valence-corrected chi connectivity index (χ4v) is 7.35. The number of aromatic hydroxyl groups is 1. The molecule has 3 aliphatic carbocycles. The van der Waals surface area contributed by atoms with Crippen molar-refractivity contribution in [3.63, 3.8) is 0 Å². The third-order valence-electron chi connectivity index (χ3n) is 9.19. The zero-order valence-electron chi connectivity index (χ0n) is 23.9. The number of benzene rings is 1. The number of allylic oxidation sites excluding steroid dienone is 1. The van der Waals surface area contributed by atoms with E-state index in [9.17, 15) is 34.5 Å². The van der Waals surface area contributed by atoms with E-state index < -0.39 is 52.6 Å². The molecule has 41 heavy (non-hydrogen) atoms. The number of aliphatic hydroxyl groups is 2. The first-order chi connectivity index (χ1) is 19.3. The van der Waals surface area contributed by atoms with Crippen LogP contribution < -0.4 is 16.0 Å². The average molecular weight is 567 g/mol. The van der Waals surface area contributed by atoms with Gasteiger partial charge in [-0.25, -0.2) is 0 Å². The number of primary amides is 1. The Kier molecular flexibility index (Phi) is 7.46. The summed E-state index contributed by atoms with van der Waals surface area (Å²) in [6.07, 6.45) is 2.81. The number of nitrogens with one attached hydrogen (secondary N) is 1. The van der Waals surface area contributed by atoms with Gasteiger partial charge in [0.1, 0.15) is 28.6 Å². The van der Waals surface area contributed by atoms with Crippen LogP contribution in [0.4, 0.5) is 5.69 Å². The Bertz CT molecular complexity index is 1400. The topological polar surface area (TPSA) is 174 Å². The van der Waals surface area contributed by atoms with Crippen LogP contribution >= 0.6 is 0 Å². The van der Waals surface area contributed by atoms with E-state index in [1.807, 2.05) is 25.1 Å². The molecule has 6 N–H and O–H groups in total. The number of aryl methyl sites for hydroxylation is 1. The number of Topliss-reactive ketones (excluding diaryl/α,β-unsaturated/α-hetero) is 3. The number of carbonyl (C=O) groups is 4. The minimum absolute atomic E-state index is 0.0400. The fourth-order valence-electron chi connectivity index (χ4n) is 7.35. The zero-order chi connectivity index (χ0) is 29.9. The predicted molar refractivity (Wildman–Crippen MR) is 151 cm³/mol. The molecule has 5 atom stereocenters. The number of aliphatic hydroxyl groups excluding tert-OH is 2. The van der Waals surface area contributed by atoms with E-state index >= 15 is 0 Å². The summed E-state index contributed by atoms with van der Waals surface area (Å²) in [6.45, 7) is 0.803. The maximum atomic E-state index is 14.0. The molecule has 0 aromatic heterocycles. The summed E-state index contributed by atoms with van der Waals surface area (Å²) < 4.78 is 0. The van der Waals surface area contributed by atoms with Gasteiger partial charge in [-0.1, -0.05) is 0 Å². The highest BCUT2D eigenvalue weighted by Gasteiger charge is 2.56. The van der Waals surface area contributed by atoms with Gasteiger partial charge < -0.3 is 31.3 Å². The number of ketones is 3. The molecule has 0 radical (unpaired) electrons. The van der Waals surface area contributed by atoms with E-state index in [0.29, 0.717) is 17.5 Å². The van der Waals surface area contributed by atoms with Gasteiger partial charge in [-0.05, 0) is 81.8 Å². The maximum Gasteiger partial charge on any atom is 0.255 e. The number of likely N-dealkylation sites (N-methyl/N-ethyl adjacent to an activating group) is 1. The standard InChI is InChI=1S/C30H38N4O7/c1-33(2)18-12-13(7-8-19(35)17-6-5-9-32-17)25(36)21-15(18)10-14-11-16-22(27(38)20(14)26(21)37)28(39)23(30(31)41)29(40)24(16)34(3)4/h12,14,16-17,22,24,32,36-37,40H,5-11H2,1-4H3,(H2,31,41)/t14-,16+,17?,22?,24?/m0/s1. The van der Waals surface area contributed by atoms with Crippen molar-refractivity contribution in [2.75, 3.05) is 39.6 Å². The number of hydrogen-bond acceptors (Lipinski definition) is 10. The molecule has 3 unspecified atom stereocenters. The normalized spacial score (nSPS) is 27.6. The molecule has 1 aromatic rings. The summed E-state index contributed by atoms with van der Waals surface area (Å²) >= 11 is 0. The highest BCUT2D eigenvalue weighted by atomic mass is 16.3. The van der Waals surface area contributed by atoms with Crippen molar-refractivity contribution in [1.29, 1.82) is 0 Å². The molecule has 4 aliphatic rings. The Balaban J connectivity index is 1.58. The SMILES string of the molecule is CN(C)c1cc(CCC(=O)C2CCCN2)c(O)c2c1C[C@H]1C[C@@H]3C(C(=O)C(C(N)=O)=C(O)C3N(C)C)C(=O)C1=C2O. The number of nitrogens with two attached hydrogens (primary N) is 1. The lowest BCUT2D eigenvalue weighted by Gasteiger charge is -2.46. The lowest BCUT2D eigenvalue weighted by atomic mass is 9.59. The van der Waals surface area contributed by atoms with Crippen LogP contribution in [0, 0.1) is 17.8 Å². The molecule has 0 bridgehead atoms. The quantitative estimate of drug-likeness (QED) is 0.238. The molecule has 1 aromatic carbocycles. The average Bonchev–Trinajstić information content (AvgIpc) is 3.42. The summed E-state index contributed by atoms with van der Waals surface area (Å²) in [5.41, 5.74) is 6.92. The van der Waals surface area contributed by atoms with E-state index in [0.717, 1.165) is 25.1 Å². The molecule has 11 heteroatoms. The summed E-state index contributed by atoms with van der Waals surface area (Å²) in [4.78, 5) is 55.8. The Hall–Kier alpha value is -3.70. The maximum absolute atomic E-state index is 14.0. The van der Waals surface area contributed by atoms with Gasteiger partial charge in [0.2, 0.25) is 0 Å². The lowest BCUT2D eigenvalue weighted by molar-refractivity contribution is -0.136. The monoisotopic (exact) mass is 566 g/mol. The van der Waals surface area contributed by atoms with Crippen LogP contribution in [0.1, 0.15) is 42.4 Å². The highest BCUT2D eigenvalue weighted by Crippen LogP contribution is 2.52. The van der Waals surface area contributed by atoms with Crippen molar-refractivity contribution in [3.05, 3.63) is 39.7 Å². The van der Waals surface area contributed by atoms with Crippen molar-refractivity contribution < 1.29 is 34.5 Å². The lowest BCUT2D eigenvalue weighted by Crippen LogP contribution is -2.55. The summed E-state index contributed by atoms with van der Waals surface area (Å²) in [7, 11) is 7.07.